The van der Waals surface area contributed by atoms with E-state index in [4.69, 9.17) is 4.74 Å². The molecule has 7 nitrogen and oxygen atoms in total. The number of alkyl halides is 2. The van der Waals surface area contributed by atoms with Crippen LogP contribution in [-0.2, 0) is 16.6 Å². The quantitative estimate of drug-likeness (QED) is 0.799. The number of methoxy groups -OCH3 is 1. The monoisotopic (exact) mass is 356 g/mol. The van der Waals surface area contributed by atoms with Crippen LogP contribution in [0, 0.1) is 5.41 Å². The lowest BCUT2D eigenvalue weighted by Gasteiger charge is -2.42. The zero-order valence-corrected chi connectivity index (χ0v) is 14.4. The van der Waals surface area contributed by atoms with Gasteiger partial charge in [0.05, 0.1) is 18.6 Å². The Morgan fingerprint density at radius 3 is 2.80 bits per heavy atom. The molecule has 2 fully saturated rings. The first-order valence-electron chi connectivity index (χ1n) is 8.21. The first-order valence-corrected chi connectivity index (χ1v) is 8.21. The van der Waals surface area contributed by atoms with Gasteiger partial charge in [-0.2, -0.15) is 5.10 Å². The molecule has 2 aliphatic rings. The van der Waals surface area contributed by atoms with E-state index >= 15 is 0 Å². The molecule has 2 amide bonds. The van der Waals surface area contributed by atoms with Crippen molar-refractivity contribution in [3.63, 3.8) is 0 Å². The van der Waals surface area contributed by atoms with E-state index in [0.29, 0.717) is 26.1 Å². The average Bonchev–Trinajstić information content (AvgIpc) is 3.09. The van der Waals surface area contributed by atoms with Crippen molar-refractivity contribution in [2.45, 2.75) is 18.8 Å². The molecule has 2 saturated heterocycles. The minimum absolute atomic E-state index is 0.00885. The lowest BCUT2D eigenvalue weighted by Crippen LogP contribution is -2.57. The number of nitrogens with zero attached hydrogens (tertiary/aromatic N) is 4. The fourth-order valence-electron chi connectivity index (χ4n) is 3.82. The lowest BCUT2D eigenvalue weighted by molar-refractivity contribution is -0.151. The standard InChI is InChI=1S/C16H22F2N4O3/c1-20-12(3-5-19-20)13(23)22-10-15(9-16(17,18)11-22)4-6-21(14(15)24)7-8-25-2/h3,5H,4,6-11H2,1-2H3. The van der Waals surface area contributed by atoms with Crippen molar-refractivity contribution in [2.24, 2.45) is 12.5 Å². The second-order valence-electron chi connectivity index (χ2n) is 6.85. The summed E-state index contributed by atoms with van der Waals surface area (Å²) >= 11 is 0. The largest absolute Gasteiger partial charge is 0.383 e. The van der Waals surface area contributed by atoms with Crippen LogP contribution in [0.15, 0.2) is 12.3 Å². The highest BCUT2D eigenvalue weighted by molar-refractivity contribution is 5.94. The molecule has 1 unspecified atom stereocenters. The normalized spacial score (nSPS) is 25.8. The van der Waals surface area contributed by atoms with E-state index in [1.54, 1.807) is 11.9 Å². The number of piperidine rings is 1. The predicted molar refractivity (Wildman–Crippen MR) is 84.2 cm³/mol. The van der Waals surface area contributed by atoms with Crippen LogP contribution in [0.4, 0.5) is 8.78 Å². The maximum atomic E-state index is 14.4. The number of likely N-dealkylation sites (tertiary alicyclic amines) is 2. The first kappa shape index (κ1) is 17.8. The van der Waals surface area contributed by atoms with Crippen molar-refractivity contribution in [3.8, 4) is 0 Å². The van der Waals surface area contributed by atoms with E-state index in [9.17, 15) is 18.4 Å². The molecule has 0 aromatic carbocycles. The Balaban J connectivity index is 1.83. The molecule has 25 heavy (non-hydrogen) atoms. The summed E-state index contributed by atoms with van der Waals surface area (Å²) in [5.74, 6) is -3.94. The molecule has 138 valence electrons. The van der Waals surface area contributed by atoms with Crippen molar-refractivity contribution in [2.75, 3.05) is 39.9 Å². The van der Waals surface area contributed by atoms with Gasteiger partial charge in [-0.3, -0.25) is 14.3 Å². The Kier molecular flexibility index (Phi) is 4.52. The Labute approximate surface area is 144 Å². The predicted octanol–water partition coefficient (Wildman–Crippen LogP) is 0.766. The number of rotatable bonds is 4. The molecule has 0 aliphatic carbocycles. The van der Waals surface area contributed by atoms with Crippen molar-refractivity contribution in [1.29, 1.82) is 0 Å². The number of hydrogen-bond acceptors (Lipinski definition) is 4. The molecular weight excluding hydrogens is 334 g/mol. The summed E-state index contributed by atoms with van der Waals surface area (Å²) in [6.45, 7) is 0.471. The Hall–Kier alpha value is -2.03. The summed E-state index contributed by atoms with van der Waals surface area (Å²) in [7, 11) is 3.11. The van der Waals surface area contributed by atoms with E-state index in [2.05, 4.69) is 5.10 Å². The molecule has 1 spiro atoms. The SMILES string of the molecule is COCCN1CCC2(CN(C(=O)c3ccnn3C)CC(F)(F)C2)C1=O. The van der Waals surface area contributed by atoms with Crippen molar-refractivity contribution in [3.05, 3.63) is 18.0 Å². The van der Waals surface area contributed by atoms with E-state index < -0.39 is 30.2 Å². The zero-order chi connectivity index (χ0) is 18.2. The van der Waals surface area contributed by atoms with Crippen LogP contribution in [0.3, 0.4) is 0 Å². The van der Waals surface area contributed by atoms with Gasteiger partial charge in [0.2, 0.25) is 5.91 Å². The van der Waals surface area contributed by atoms with Gasteiger partial charge in [-0.1, -0.05) is 0 Å². The maximum absolute atomic E-state index is 14.4. The van der Waals surface area contributed by atoms with Crippen LogP contribution in [-0.4, -0.2) is 77.2 Å². The highest BCUT2D eigenvalue weighted by Gasteiger charge is 2.57. The molecule has 0 bridgehead atoms. The molecule has 9 heteroatoms. The van der Waals surface area contributed by atoms with Crippen molar-refractivity contribution >= 4 is 11.8 Å². The van der Waals surface area contributed by atoms with Crippen LogP contribution >= 0.6 is 0 Å². The van der Waals surface area contributed by atoms with Crippen molar-refractivity contribution < 1.29 is 23.1 Å². The second kappa shape index (κ2) is 6.36. The zero-order valence-electron chi connectivity index (χ0n) is 14.4. The number of aromatic nitrogens is 2. The third kappa shape index (κ3) is 3.24. The smallest absolute Gasteiger partial charge is 0.272 e. The minimum Gasteiger partial charge on any atom is -0.383 e. The van der Waals surface area contributed by atoms with Crippen molar-refractivity contribution in [1.82, 2.24) is 19.6 Å². The van der Waals surface area contributed by atoms with Gasteiger partial charge in [-0.25, -0.2) is 8.78 Å². The maximum Gasteiger partial charge on any atom is 0.272 e. The highest BCUT2D eigenvalue weighted by atomic mass is 19.3. The van der Waals surface area contributed by atoms with Gasteiger partial charge >= 0.3 is 0 Å². The highest BCUT2D eigenvalue weighted by Crippen LogP contribution is 2.45. The number of halogens is 2. The fourth-order valence-corrected chi connectivity index (χ4v) is 3.82. The molecule has 0 saturated carbocycles. The topological polar surface area (TPSA) is 67.7 Å². The summed E-state index contributed by atoms with van der Waals surface area (Å²) in [5, 5.41) is 3.91. The number of ether oxygens (including phenoxy) is 1. The number of amides is 2. The molecule has 3 heterocycles. The van der Waals surface area contributed by atoms with E-state index in [0.717, 1.165) is 4.90 Å². The summed E-state index contributed by atoms with van der Waals surface area (Å²) in [4.78, 5) is 28.1. The number of aryl methyl sites for hydroxylation is 1. The molecule has 3 rings (SSSR count). The Bertz CT molecular complexity index is 678. The van der Waals surface area contributed by atoms with Crippen LogP contribution < -0.4 is 0 Å². The average molecular weight is 356 g/mol. The summed E-state index contributed by atoms with van der Waals surface area (Å²) in [5.41, 5.74) is -0.987. The molecule has 0 radical (unpaired) electrons. The van der Waals surface area contributed by atoms with E-state index in [-0.39, 0.29) is 18.1 Å². The van der Waals surface area contributed by atoms with Gasteiger partial charge in [0.25, 0.3) is 11.8 Å². The fraction of sp³-hybridized carbons (Fsp3) is 0.688. The van der Waals surface area contributed by atoms with Crippen LogP contribution in [0.1, 0.15) is 23.3 Å². The van der Waals surface area contributed by atoms with Gasteiger partial charge in [0.1, 0.15) is 5.69 Å². The molecule has 2 aliphatic heterocycles. The van der Waals surface area contributed by atoms with Gasteiger partial charge in [0.15, 0.2) is 0 Å². The molecule has 1 atom stereocenters. The van der Waals surface area contributed by atoms with Gasteiger partial charge < -0.3 is 14.5 Å². The van der Waals surface area contributed by atoms with E-state index in [1.165, 1.54) is 24.1 Å². The first-order chi connectivity index (χ1) is 11.8. The molecular formula is C16H22F2N4O3. The van der Waals surface area contributed by atoms with Gasteiger partial charge in [0, 0.05) is 46.4 Å². The Morgan fingerprint density at radius 2 is 2.16 bits per heavy atom. The molecule has 1 aromatic heterocycles. The summed E-state index contributed by atoms with van der Waals surface area (Å²) in [6.07, 6.45) is 1.25. The number of carbonyl (C=O) groups is 2. The Morgan fingerprint density at radius 1 is 1.40 bits per heavy atom. The van der Waals surface area contributed by atoms with Gasteiger partial charge in [-0.15, -0.1) is 0 Å². The minimum atomic E-state index is -3.10. The molecule has 1 aromatic rings. The van der Waals surface area contributed by atoms with E-state index in [1.807, 2.05) is 0 Å². The van der Waals surface area contributed by atoms with Crippen LogP contribution in [0.5, 0.6) is 0 Å². The van der Waals surface area contributed by atoms with Crippen LogP contribution in [0.2, 0.25) is 0 Å². The lowest BCUT2D eigenvalue weighted by atomic mass is 9.77. The number of hydrogen-bond donors (Lipinski definition) is 0. The summed E-state index contributed by atoms with van der Waals surface area (Å²) in [6, 6.07) is 1.49. The second-order valence-corrected chi connectivity index (χ2v) is 6.85. The third-order valence-corrected chi connectivity index (χ3v) is 5.01. The molecule has 0 N–H and O–H groups in total. The summed E-state index contributed by atoms with van der Waals surface area (Å²) < 4.78 is 35.1. The number of carbonyl (C=O) groups excluding carboxylic acids is 2. The third-order valence-electron chi connectivity index (χ3n) is 5.01. The van der Waals surface area contributed by atoms with Gasteiger partial charge in [-0.05, 0) is 12.5 Å². The van der Waals surface area contributed by atoms with Crippen LogP contribution in [0.25, 0.3) is 0 Å².